The molecule has 2 N–H and O–H groups in total. The Morgan fingerprint density at radius 3 is 1.94 bits per heavy atom. The molecule has 0 radical (unpaired) electrons. The zero-order chi connectivity index (χ0) is 37.2. The normalized spacial score (nSPS) is 23.1. The first-order valence-electron chi connectivity index (χ1n) is 19.2. The van der Waals surface area contributed by atoms with Gasteiger partial charge in [0.2, 0.25) is 23.6 Å². The highest BCUT2D eigenvalue weighted by atomic mass is 32.2. The Balaban J connectivity index is 1.20. The minimum atomic E-state index is -0.701. The van der Waals surface area contributed by atoms with Crippen molar-refractivity contribution < 1.29 is 19.2 Å². The number of anilines is 1. The number of amides is 4. The van der Waals surface area contributed by atoms with E-state index in [0.29, 0.717) is 51.5 Å². The molecule has 9 nitrogen and oxygen atoms in total. The van der Waals surface area contributed by atoms with Crippen molar-refractivity contribution in [1.29, 1.82) is 5.26 Å². The number of fused-ring (bicyclic) bond motifs is 1. The van der Waals surface area contributed by atoms with Gasteiger partial charge in [0.05, 0.1) is 11.4 Å². The summed E-state index contributed by atoms with van der Waals surface area (Å²) in [6.07, 6.45) is 6.95. The molecule has 6 atom stereocenters. The Morgan fingerprint density at radius 1 is 0.755 bits per heavy atom. The van der Waals surface area contributed by atoms with E-state index in [0.717, 1.165) is 53.8 Å². The van der Waals surface area contributed by atoms with Gasteiger partial charge < -0.3 is 20.4 Å². The molecule has 0 saturated carbocycles. The zero-order valence-corrected chi connectivity index (χ0v) is 31.4. The van der Waals surface area contributed by atoms with E-state index in [2.05, 4.69) is 16.7 Å². The number of carbonyl (C=O) groups excluding carboxylic acids is 4. The third-order valence-corrected chi connectivity index (χ3v) is 12.3. The van der Waals surface area contributed by atoms with Crippen LogP contribution in [0, 0.1) is 30.1 Å². The van der Waals surface area contributed by atoms with Crippen LogP contribution in [0.25, 0.3) is 0 Å². The Hall–Kier alpha value is -4.62. The molecule has 53 heavy (non-hydrogen) atoms. The highest BCUT2D eigenvalue weighted by Gasteiger charge is 2.41. The first-order valence-corrected chi connectivity index (χ1v) is 20.3. The van der Waals surface area contributed by atoms with Gasteiger partial charge in [0.1, 0.15) is 18.1 Å². The fourth-order valence-corrected chi connectivity index (χ4v) is 9.41. The number of thioether (sulfide) groups is 1. The van der Waals surface area contributed by atoms with Gasteiger partial charge in [0, 0.05) is 24.1 Å². The monoisotopic (exact) mass is 733 g/mol. The Kier molecular flexibility index (Phi) is 13.2. The van der Waals surface area contributed by atoms with E-state index >= 15 is 0 Å². The van der Waals surface area contributed by atoms with Crippen LogP contribution in [0.5, 0.6) is 0 Å². The van der Waals surface area contributed by atoms with Gasteiger partial charge in [0.25, 0.3) is 0 Å². The van der Waals surface area contributed by atoms with Gasteiger partial charge >= 0.3 is 0 Å². The summed E-state index contributed by atoms with van der Waals surface area (Å²) in [7, 11) is 0. The van der Waals surface area contributed by atoms with Crippen molar-refractivity contribution in [3.8, 4) is 6.07 Å². The van der Waals surface area contributed by atoms with Gasteiger partial charge in [0.15, 0.2) is 0 Å². The first kappa shape index (κ1) is 38.1. The summed E-state index contributed by atoms with van der Waals surface area (Å²) in [5.74, 6) is -0.919. The van der Waals surface area contributed by atoms with Crippen LogP contribution in [0.3, 0.4) is 0 Å². The summed E-state index contributed by atoms with van der Waals surface area (Å²) in [6.45, 7) is 2.61. The number of benzene rings is 3. The molecule has 0 spiro atoms. The number of hydrogen-bond donors (Lipinski definition) is 2. The second-order valence-electron chi connectivity index (χ2n) is 14.7. The maximum absolute atomic E-state index is 14.3. The number of nitrogens with zero attached hydrogens (tertiary/aromatic N) is 3. The Morgan fingerprint density at radius 2 is 1.34 bits per heavy atom. The molecule has 3 saturated heterocycles. The van der Waals surface area contributed by atoms with Crippen LogP contribution >= 0.6 is 11.8 Å². The standard InChI is InChI=1S/C43H51N5O4S/c1-30-13-8-9-20-38(30)47-25-11-10-19-36(42(47)51)45-40(49)33(27-31-14-4-2-5-15-31)22-23-34(28-32-16-6-3-7-17-32)41(50)46-37-24-26-53-39-21-12-18-35(29-44)48(39)43(37)52/h2-9,13-17,20,33-37,39H,10-12,18-19,21-28H2,1H3,(H,45,49)(H,46,50). The molecule has 3 aromatic rings. The lowest BCUT2D eigenvalue weighted by atomic mass is 9.86. The van der Waals surface area contributed by atoms with Gasteiger partial charge in [-0.2, -0.15) is 5.26 Å². The number of nitriles is 1. The molecule has 3 aliphatic rings. The molecule has 278 valence electrons. The van der Waals surface area contributed by atoms with Gasteiger partial charge in [-0.15, -0.1) is 11.8 Å². The van der Waals surface area contributed by atoms with Gasteiger partial charge in [-0.25, -0.2) is 0 Å². The Bertz CT molecular complexity index is 1760. The van der Waals surface area contributed by atoms with E-state index in [9.17, 15) is 24.4 Å². The zero-order valence-electron chi connectivity index (χ0n) is 30.6. The SMILES string of the molecule is Cc1ccccc1N1CCCCC(NC(=O)C(CCC(Cc2ccccc2)C(=O)NC2CCSC3CCCC(C#N)N3C2=O)Cc2ccccc2)C1=O. The number of para-hydroxylation sites is 1. The second-order valence-corrected chi connectivity index (χ2v) is 16.0. The number of piperidine rings is 1. The molecule has 0 aromatic heterocycles. The summed E-state index contributed by atoms with van der Waals surface area (Å²) in [6, 6.07) is 28.0. The van der Waals surface area contributed by atoms with Crippen molar-refractivity contribution in [2.24, 2.45) is 11.8 Å². The minimum absolute atomic E-state index is 0.0377. The molecular weight excluding hydrogens is 683 g/mol. The van der Waals surface area contributed by atoms with Crippen LogP contribution in [0.4, 0.5) is 5.69 Å². The molecule has 4 amide bonds. The highest BCUT2D eigenvalue weighted by Crippen LogP contribution is 2.34. The molecular formula is C43H51N5O4S. The minimum Gasteiger partial charge on any atom is -0.344 e. The number of carbonyl (C=O) groups is 4. The summed E-state index contributed by atoms with van der Waals surface area (Å²) >= 11 is 1.70. The summed E-state index contributed by atoms with van der Waals surface area (Å²) < 4.78 is 0. The molecule has 3 fully saturated rings. The maximum Gasteiger partial charge on any atom is 0.249 e. The van der Waals surface area contributed by atoms with Gasteiger partial charge in [-0.1, -0.05) is 78.9 Å². The molecule has 0 aliphatic carbocycles. The van der Waals surface area contributed by atoms with Crippen LogP contribution in [0.15, 0.2) is 84.9 Å². The predicted octanol–water partition coefficient (Wildman–Crippen LogP) is 6.35. The van der Waals surface area contributed by atoms with Crippen molar-refractivity contribution in [3.63, 3.8) is 0 Å². The first-order chi connectivity index (χ1) is 25.8. The van der Waals surface area contributed by atoms with Crippen LogP contribution in [0.2, 0.25) is 0 Å². The lowest BCUT2D eigenvalue weighted by molar-refractivity contribution is -0.140. The fourth-order valence-electron chi connectivity index (χ4n) is 8.02. The van der Waals surface area contributed by atoms with Crippen molar-refractivity contribution in [2.75, 3.05) is 17.2 Å². The van der Waals surface area contributed by atoms with E-state index in [1.165, 1.54) is 0 Å². The largest absolute Gasteiger partial charge is 0.344 e. The molecule has 6 rings (SSSR count). The van der Waals surface area contributed by atoms with Gasteiger partial charge in [-0.05, 0) is 106 Å². The lowest BCUT2D eigenvalue weighted by Crippen LogP contribution is -2.55. The van der Waals surface area contributed by atoms with E-state index in [1.807, 2.05) is 96.8 Å². The third-order valence-electron chi connectivity index (χ3n) is 11.0. The van der Waals surface area contributed by atoms with E-state index in [-0.39, 0.29) is 29.0 Å². The topological polar surface area (TPSA) is 123 Å². The van der Waals surface area contributed by atoms with Crippen LogP contribution in [0.1, 0.15) is 74.5 Å². The van der Waals surface area contributed by atoms with E-state index in [1.54, 1.807) is 16.7 Å². The maximum atomic E-state index is 14.3. The Labute approximate surface area is 317 Å². The average molecular weight is 734 g/mol. The molecule has 3 aromatic carbocycles. The number of rotatable bonds is 12. The molecule has 10 heteroatoms. The van der Waals surface area contributed by atoms with Crippen LogP contribution < -0.4 is 15.5 Å². The quantitative estimate of drug-likeness (QED) is 0.224. The third kappa shape index (κ3) is 9.68. The highest BCUT2D eigenvalue weighted by molar-refractivity contribution is 7.99. The van der Waals surface area contributed by atoms with Crippen molar-refractivity contribution in [3.05, 3.63) is 102 Å². The fraction of sp³-hybridized carbons (Fsp3) is 0.465. The second kappa shape index (κ2) is 18.4. The summed E-state index contributed by atoms with van der Waals surface area (Å²) in [5, 5.41) is 16.1. The van der Waals surface area contributed by atoms with Crippen LogP contribution in [-0.2, 0) is 32.0 Å². The molecule has 3 heterocycles. The summed E-state index contributed by atoms with van der Waals surface area (Å²) in [5.41, 5.74) is 3.90. The lowest BCUT2D eigenvalue weighted by Gasteiger charge is -2.38. The van der Waals surface area contributed by atoms with Gasteiger partial charge in [-0.3, -0.25) is 19.2 Å². The smallest absolute Gasteiger partial charge is 0.249 e. The van der Waals surface area contributed by atoms with E-state index in [4.69, 9.17) is 0 Å². The molecule has 3 aliphatic heterocycles. The summed E-state index contributed by atoms with van der Waals surface area (Å²) in [4.78, 5) is 59.8. The molecule has 6 unspecified atom stereocenters. The van der Waals surface area contributed by atoms with Crippen LogP contribution in [-0.4, -0.2) is 64.3 Å². The van der Waals surface area contributed by atoms with Crippen molar-refractivity contribution in [2.45, 2.75) is 101 Å². The van der Waals surface area contributed by atoms with Crippen molar-refractivity contribution >= 4 is 41.1 Å². The van der Waals surface area contributed by atoms with Crippen molar-refractivity contribution in [1.82, 2.24) is 15.5 Å². The number of aryl methyl sites for hydroxylation is 1. The number of hydrogen-bond acceptors (Lipinski definition) is 6. The average Bonchev–Trinajstić information content (AvgIpc) is 3.46. The predicted molar refractivity (Wildman–Crippen MR) is 209 cm³/mol. The van der Waals surface area contributed by atoms with E-state index < -0.39 is 30.0 Å². The molecule has 0 bridgehead atoms. The number of nitrogens with one attached hydrogen (secondary N) is 2.